The third-order valence-electron chi connectivity index (χ3n) is 1.62. The number of nitrogens with one attached hydrogen (secondary N) is 1. The van der Waals surface area contributed by atoms with Gasteiger partial charge in [0.05, 0.1) is 19.5 Å². The number of carbonyl (C=O) groups excluding carboxylic acids is 1. The molecule has 0 amide bonds. The van der Waals surface area contributed by atoms with Gasteiger partial charge in [-0.3, -0.25) is 0 Å². The Kier molecular flexibility index (Phi) is 4.10. The molecule has 15 heavy (non-hydrogen) atoms. The van der Waals surface area contributed by atoms with Crippen LogP contribution in [0.2, 0.25) is 0 Å². The number of hydrogen-bond donors (Lipinski definition) is 1. The molecule has 78 valence electrons. The Labute approximate surface area is 87.9 Å². The first-order valence-corrected chi connectivity index (χ1v) is 4.35. The van der Waals surface area contributed by atoms with E-state index >= 15 is 0 Å². The van der Waals surface area contributed by atoms with Gasteiger partial charge in [-0.1, -0.05) is 0 Å². The van der Waals surface area contributed by atoms with Crippen LogP contribution in [0, 0.1) is 12.3 Å². The number of anilines is 1. The van der Waals surface area contributed by atoms with Gasteiger partial charge in [-0.15, -0.1) is 12.3 Å². The minimum Gasteiger partial charge on any atom is -0.464 e. The van der Waals surface area contributed by atoms with Gasteiger partial charge in [-0.05, 0) is 0 Å². The number of esters is 1. The average Bonchev–Trinajstić information content (AvgIpc) is 2.29. The molecule has 0 spiro atoms. The molecule has 1 N–H and O–H groups in total. The summed E-state index contributed by atoms with van der Waals surface area (Å²) in [7, 11) is 1.29. The summed E-state index contributed by atoms with van der Waals surface area (Å²) in [4.78, 5) is 18.9. The van der Waals surface area contributed by atoms with Gasteiger partial charge in [0.15, 0.2) is 5.69 Å². The zero-order valence-corrected chi connectivity index (χ0v) is 8.36. The second-order valence-electron chi connectivity index (χ2n) is 2.66. The summed E-state index contributed by atoms with van der Waals surface area (Å²) in [6.45, 7) is 0.628. The summed E-state index contributed by atoms with van der Waals surface area (Å²) in [5.74, 6) is 2.57. The number of hydrogen-bond acceptors (Lipinski definition) is 5. The van der Waals surface area contributed by atoms with Crippen molar-refractivity contribution in [2.75, 3.05) is 19.0 Å². The van der Waals surface area contributed by atoms with Crippen molar-refractivity contribution >= 4 is 11.8 Å². The lowest BCUT2D eigenvalue weighted by Crippen LogP contribution is -2.07. The number of nitrogens with zero attached hydrogens (tertiary/aromatic N) is 2. The fourth-order valence-electron chi connectivity index (χ4n) is 0.892. The average molecular weight is 205 g/mol. The Morgan fingerprint density at radius 2 is 2.40 bits per heavy atom. The third-order valence-corrected chi connectivity index (χ3v) is 1.62. The Balaban J connectivity index is 2.57. The van der Waals surface area contributed by atoms with E-state index in [1.54, 1.807) is 0 Å². The second-order valence-corrected chi connectivity index (χ2v) is 2.66. The van der Waals surface area contributed by atoms with Crippen LogP contribution in [0.25, 0.3) is 0 Å². The molecule has 0 aliphatic carbocycles. The van der Waals surface area contributed by atoms with Crippen molar-refractivity contribution in [1.29, 1.82) is 0 Å². The van der Waals surface area contributed by atoms with Gasteiger partial charge < -0.3 is 10.1 Å². The predicted molar refractivity (Wildman–Crippen MR) is 55.3 cm³/mol. The number of aromatic nitrogens is 2. The molecule has 1 aromatic heterocycles. The van der Waals surface area contributed by atoms with E-state index in [0.29, 0.717) is 18.8 Å². The minimum atomic E-state index is -0.502. The van der Waals surface area contributed by atoms with Crippen molar-refractivity contribution in [3.63, 3.8) is 0 Å². The summed E-state index contributed by atoms with van der Waals surface area (Å²) < 4.78 is 4.49. The van der Waals surface area contributed by atoms with Crippen molar-refractivity contribution in [2.24, 2.45) is 0 Å². The fourth-order valence-corrected chi connectivity index (χ4v) is 0.892. The first-order chi connectivity index (χ1) is 7.27. The molecule has 0 aliphatic heterocycles. The number of ether oxygens (including phenoxy) is 1. The minimum absolute atomic E-state index is 0.181. The van der Waals surface area contributed by atoms with Gasteiger partial charge >= 0.3 is 5.97 Å². The molecular weight excluding hydrogens is 194 g/mol. The molecule has 0 atom stereocenters. The van der Waals surface area contributed by atoms with Gasteiger partial charge in [-0.2, -0.15) is 0 Å². The Hall–Kier alpha value is -2.09. The topological polar surface area (TPSA) is 64.1 Å². The van der Waals surface area contributed by atoms with Gasteiger partial charge in [-0.25, -0.2) is 14.8 Å². The molecule has 0 unspecified atom stereocenters. The Morgan fingerprint density at radius 3 is 2.93 bits per heavy atom. The number of carbonyl (C=O) groups is 1. The van der Waals surface area contributed by atoms with E-state index in [2.05, 4.69) is 25.9 Å². The summed E-state index contributed by atoms with van der Waals surface area (Å²) >= 11 is 0. The van der Waals surface area contributed by atoms with Gasteiger partial charge in [0, 0.05) is 13.0 Å². The van der Waals surface area contributed by atoms with Crippen molar-refractivity contribution in [1.82, 2.24) is 9.97 Å². The third kappa shape index (κ3) is 3.27. The first-order valence-electron chi connectivity index (χ1n) is 4.35. The lowest BCUT2D eigenvalue weighted by Gasteiger charge is -2.02. The van der Waals surface area contributed by atoms with E-state index in [-0.39, 0.29) is 5.69 Å². The van der Waals surface area contributed by atoms with Gasteiger partial charge in [0.1, 0.15) is 5.82 Å². The van der Waals surface area contributed by atoms with Gasteiger partial charge in [0.25, 0.3) is 0 Å². The van der Waals surface area contributed by atoms with Crippen LogP contribution in [-0.2, 0) is 4.74 Å². The van der Waals surface area contributed by atoms with E-state index in [0.717, 1.165) is 0 Å². The maximum absolute atomic E-state index is 11.0. The Bertz CT molecular complexity index is 367. The van der Waals surface area contributed by atoms with Crippen LogP contribution in [0.1, 0.15) is 16.9 Å². The Morgan fingerprint density at radius 1 is 1.60 bits per heavy atom. The summed E-state index contributed by atoms with van der Waals surface area (Å²) in [6.07, 6.45) is 8.51. The first kappa shape index (κ1) is 11.0. The SMILES string of the molecule is C#CCCNc1cnc(C(=O)OC)cn1. The fraction of sp³-hybridized carbons (Fsp3) is 0.300. The molecule has 5 nitrogen and oxygen atoms in total. The van der Waals surface area contributed by atoms with Crippen LogP contribution in [0.4, 0.5) is 5.82 Å². The predicted octanol–water partition coefficient (Wildman–Crippen LogP) is 0.698. The monoisotopic (exact) mass is 205 g/mol. The molecule has 1 heterocycles. The van der Waals surface area contributed by atoms with E-state index < -0.39 is 5.97 Å². The highest BCUT2D eigenvalue weighted by Crippen LogP contribution is 2.01. The molecule has 0 fully saturated rings. The lowest BCUT2D eigenvalue weighted by molar-refractivity contribution is 0.0593. The van der Waals surface area contributed by atoms with Crippen molar-refractivity contribution in [3.05, 3.63) is 18.1 Å². The molecule has 0 radical (unpaired) electrons. The number of methoxy groups -OCH3 is 1. The maximum atomic E-state index is 11.0. The molecular formula is C10H11N3O2. The molecule has 1 aromatic rings. The van der Waals surface area contributed by atoms with Crippen LogP contribution >= 0.6 is 0 Å². The highest BCUT2D eigenvalue weighted by Gasteiger charge is 2.06. The standard InChI is InChI=1S/C10H11N3O2/c1-3-4-5-11-9-7-12-8(6-13-9)10(14)15-2/h1,6-7H,4-5H2,2H3,(H,11,13). The molecule has 5 heteroatoms. The summed E-state index contributed by atoms with van der Waals surface area (Å²) in [6, 6.07) is 0. The van der Waals surface area contributed by atoms with Crippen molar-refractivity contribution in [3.8, 4) is 12.3 Å². The molecule has 0 saturated heterocycles. The van der Waals surface area contributed by atoms with E-state index in [4.69, 9.17) is 6.42 Å². The number of terminal acetylenes is 1. The molecule has 0 aliphatic rings. The van der Waals surface area contributed by atoms with Gasteiger partial charge in [0.2, 0.25) is 0 Å². The highest BCUT2D eigenvalue weighted by molar-refractivity contribution is 5.86. The molecule has 0 bridgehead atoms. The smallest absolute Gasteiger partial charge is 0.358 e. The summed E-state index contributed by atoms with van der Waals surface area (Å²) in [5.41, 5.74) is 0.181. The quantitative estimate of drug-likeness (QED) is 0.445. The zero-order valence-electron chi connectivity index (χ0n) is 8.36. The second kappa shape index (κ2) is 5.60. The summed E-state index contributed by atoms with van der Waals surface area (Å²) in [5, 5.41) is 2.96. The molecule has 0 aromatic carbocycles. The molecule has 1 rings (SSSR count). The lowest BCUT2D eigenvalue weighted by atomic mass is 10.4. The maximum Gasteiger partial charge on any atom is 0.358 e. The number of rotatable bonds is 4. The molecule has 0 saturated carbocycles. The largest absolute Gasteiger partial charge is 0.464 e. The van der Waals surface area contributed by atoms with Crippen LogP contribution in [0.5, 0.6) is 0 Å². The van der Waals surface area contributed by atoms with E-state index in [1.807, 2.05) is 0 Å². The van der Waals surface area contributed by atoms with E-state index in [9.17, 15) is 4.79 Å². The van der Waals surface area contributed by atoms with Crippen LogP contribution in [0.3, 0.4) is 0 Å². The van der Waals surface area contributed by atoms with Crippen LogP contribution in [-0.4, -0.2) is 29.6 Å². The highest BCUT2D eigenvalue weighted by atomic mass is 16.5. The normalized spacial score (nSPS) is 9.07. The van der Waals surface area contributed by atoms with Crippen molar-refractivity contribution in [2.45, 2.75) is 6.42 Å². The van der Waals surface area contributed by atoms with Crippen LogP contribution < -0.4 is 5.32 Å². The van der Waals surface area contributed by atoms with Crippen molar-refractivity contribution < 1.29 is 9.53 Å². The van der Waals surface area contributed by atoms with Crippen LogP contribution in [0.15, 0.2) is 12.4 Å². The zero-order chi connectivity index (χ0) is 11.1. The van der Waals surface area contributed by atoms with E-state index in [1.165, 1.54) is 19.5 Å².